The van der Waals surface area contributed by atoms with E-state index in [0.717, 1.165) is 0 Å². The van der Waals surface area contributed by atoms with Gasteiger partial charge in [-0.05, 0) is 30.8 Å². The Kier molecular flexibility index (Phi) is 6.13. The number of aliphatic hydroxyl groups excluding tert-OH is 3. The molecule has 1 fully saturated rings. The molecule has 128 valence electrons. The number of ether oxygens (including phenoxy) is 1. The highest BCUT2D eigenvalue weighted by Crippen LogP contribution is 2.28. The molecule has 0 spiro atoms. The number of rotatable bonds is 3. The maximum atomic E-state index is 12.0. The first-order chi connectivity index (χ1) is 11.4. The fourth-order valence-electron chi connectivity index (χ4n) is 2.47. The van der Waals surface area contributed by atoms with E-state index in [1.54, 1.807) is 6.92 Å². The van der Waals surface area contributed by atoms with Crippen LogP contribution in [0.15, 0.2) is 11.6 Å². The average molecular weight is 333 g/mol. The first-order valence-electron chi connectivity index (χ1n) is 7.60. The number of carbonyl (C=O) groups excluding carboxylic acids is 2. The number of carbonyl (C=O) groups is 2. The van der Waals surface area contributed by atoms with Crippen molar-refractivity contribution in [3.05, 3.63) is 11.6 Å². The zero-order chi connectivity index (χ0) is 17.7. The standard InChI is InChI=1S/C17H19NO6/c1-10(20)5-3-2-4-6-11-7-12(17(23)18-16(11)22)14-8-13(21)15(9-19)24-14/h7,10,12-15,19-21H,5,8-9H2,1H3,(H,18,22,23). The molecule has 7 nitrogen and oxygen atoms in total. The van der Waals surface area contributed by atoms with Crippen LogP contribution in [-0.4, -0.2) is 58.2 Å². The van der Waals surface area contributed by atoms with Crippen LogP contribution in [0, 0.1) is 29.6 Å². The lowest BCUT2D eigenvalue weighted by Crippen LogP contribution is -2.44. The van der Waals surface area contributed by atoms with Gasteiger partial charge in [-0.2, -0.15) is 0 Å². The molecule has 0 aromatic carbocycles. The normalized spacial score (nSPS) is 30.4. The molecular weight excluding hydrogens is 314 g/mol. The molecule has 0 bridgehead atoms. The van der Waals surface area contributed by atoms with E-state index in [1.807, 2.05) is 0 Å². The molecule has 7 heteroatoms. The molecule has 0 saturated carbocycles. The average Bonchev–Trinajstić information content (AvgIpc) is 2.89. The minimum atomic E-state index is -0.861. The number of amides is 2. The van der Waals surface area contributed by atoms with Gasteiger partial charge >= 0.3 is 0 Å². The van der Waals surface area contributed by atoms with Gasteiger partial charge in [0.25, 0.3) is 5.91 Å². The van der Waals surface area contributed by atoms with E-state index in [0.29, 0.717) is 0 Å². The summed E-state index contributed by atoms with van der Waals surface area (Å²) in [5, 5.41) is 30.2. The predicted molar refractivity (Wildman–Crippen MR) is 82.9 cm³/mol. The van der Waals surface area contributed by atoms with E-state index in [2.05, 4.69) is 29.0 Å². The molecule has 2 amide bonds. The molecular formula is C17H19NO6. The molecule has 0 aromatic heterocycles. The van der Waals surface area contributed by atoms with E-state index in [-0.39, 0.29) is 25.0 Å². The van der Waals surface area contributed by atoms with E-state index >= 15 is 0 Å². The highest BCUT2D eigenvalue weighted by Gasteiger charge is 2.42. The van der Waals surface area contributed by atoms with E-state index in [4.69, 9.17) is 14.9 Å². The van der Waals surface area contributed by atoms with Crippen molar-refractivity contribution in [1.29, 1.82) is 0 Å². The number of aliphatic hydroxyl groups is 3. The largest absolute Gasteiger partial charge is 0.394 e. The number of nitrogens with one attached hydrogen (secondary N) is 1. The Morgan fingerprint density at radius 1 is 1.42 bits per heavy atom. The summed E-state index contributed by atoms with van der Waals surface area (Å²) in [6.07, 6.45) is -0.927. The SMILES string of the molecule is CC(O)CC#CC#CC1=CC(C2CC(O)C(CO)O2)C(=O)NC1=O. The quantitative estimate of drug-likeness (QED) is 0.368. The summed E-state index contributed by atoms with van der Waals surface area (Å²) in [5.74, 6) is 8.34. The van der Waals surface area contributed by atoms with Gasteiger partial charge in [0.1, 0.15) is 6.10 Å². The zero-order valence-corrected chi connectivity index (χ0v) is 13.2. The van der Waals surface area contributed by atoms with Crippen molar-refractivity contribution >= 4 is 11.8 Å². The number of hydrogen-bond acceptors (Lipinski definition) is 6. The molecule has 2 heterocycles. The number of hydrogen-bond donors (Lipinski definition) is 4. The molecule has 0 aliphatic carbocycles. The summed E-state index contributed by atoms with van der Waals surface area (Å²) in [5.41, 5.74) is 0.0940. The predicted octanol–water partition coefficient (Wildman–Crippen LogP) is -1.53. The second-order valence-electron chi connectivity index (χ2n) is 5.73. The Balaban J connectivity index is 2.13. The first-order valence-corrected chi connectivity index (χ1v) is 7.60. The molecule has 0 aromatic rings. The number of imide groups is 1. The van der Waals surface area contributed by atoms with Crippen LogP contribution in [-0.2, 0) is 14.3 Å². The highest BCUT2D eigenvalue weighted by atomic mass is 16.5. The molecule has 5 atom stereocenters. The van der Waals surface area contributed by atoms with E-state index in [1.165, 1.54) is 6.08 Å². The minimum Gasteiger partial charge on any atom is -0.394 e. The molecule has 24 heavy (non-hydrogen) atoms. The van der Waals surface area contributed by atoms with Crippen LogP contribution >= 0.6 is 0 Å². The van der Waals surface area contributed by atoms with Crippen LogP contribution in [0.25, 0.3) is 0 Å². The Hall–Kier alpha value is -2.16. The van der Waals surface area contributed by atoms with Crippen molar-refractivity contribution in [3.63, 3.8) is 0 Å². The van der Waals surface area contributed by atoms with Gasteiger partial charge in [-0.15, -0.1) is 0 Å². The van der Waals surface area contributed by atoms with Crippen LogP contribution in [0.3, 0.4) is 0 Å². The third-order valence-electron chi connectivity index (χ3n) is 3.71. The van der Waals surface area contributed by atoms with Crippen molar-refractivity contribution in [2.45, 2.75) is 44.2 Å². The molecule has 2 aliphatic rings. The Morgan fingerprint density at radius 3 is 2.79 bits per heavy atom. The summed E-state index contributed by atoms with van der Waals surface area (Å²) in [6.45, 7) is 1.26. The molecule has 2 rings (SSSR count). The van der Waals surface area contributed by atoms with Gasteiger partial charge in [0.05, 0.1) is 36.4 Å². The topological polar surface area (TPSA) is 116 Å². The lowest BCUT2D eigenvalue weighted by atomic mass is 9.92. The van der Waals surface area contributed by atoms with Gasteiger partial charge in [-0.1, -0.05) is 5.92 Å². The monoisotopic (exact) mass is 333 g/mol. The summed E-state index contributed by atoms with van der Waals surface area (Å²) in [7, 11) is 0. The van der Waals surface area contributed by atoms with Gasteiger partial charge in [-0.25, -0.2) is 0 Å². The van der Waals surface area contributed by atoms with Crippen LogP contribution in [0.4, 0.5) is 0 Å². The second-order valence-corrected chi connectivity index (χ2v) is 5.73. The summed E-state index contributed by atoms with van der Waals surface area (Å²) in [4.78, 5) is 23.8. The van der Waals surface area contributed by atoms with E-state index < -0.39 is 42.1 Å². The fourth-order valence-corrected chi connectivity index (χ4v) is 2.47. The summed E-state index contributed by atoms with van der Waals surface area (Å²) < 4.78 is 5.47. The minimum absolute atomic E-state index is 0.0940. The van der Waals surface area contributed by atoms with Gasteiger partial charge < -0.3 is 20.1 Å². The molecule has 1 saturated heterocycles. The molecule has 2 aliphatic heterocycles. The third kappa shape index (κ3) is 4.44. The van der Waals surface area contributed by atoms with Crippen LogP contribution in [0.1, 0.15) is 19.8 Å². The van der Waals surface area contributed by atoms with Crippen molar-refractivity contribution in [3.8, 4) is 23.7 Å². The Morgan fingerprint density at radius 2 is 2.17 bits per heavy atom. The van der Waals surface area contributed by atoms with Gasteiger partial charge in [0.2, 0.25) is 5.91 Å². The first kappa shape index (κ1) is 18.2. The van der Waals surface area contributed by atoms with Crippen molar-refractivity contribution in [2.24, 2.45) is 5.92 Å². The van der Waals surface area contributed by atoms with Crippen LogP contribution < -0.4 is 5.32 Å². The van der Waals surface area contributed by atoms with Crippen molar-refractivity contribution in [2.75, 3.05) is 6.61 Å². The highest BCUT2D eigenvalue weighted by molar-refractivity contribution is 6.11. The molecule has 4 N–H and O–H groups in total. The summed E-state index contributed by atoms with van der Waals surface area (Å²) >= 11 is 0. The van der Waals surface area contributed by atoms with Crippen molar-refractivity contribution < 1.29 is 29.6 Å². The third-order valence-corrected chi connectivity index (χ3v) is 3.71. The van der Waals surface area contributed by atoms with Gasteiger partial charge in [0, 0.05) is 12.8 Å². The van der Waals surface area contributed by atoms with Crippen molar-refractivity contribution in [1.82, 2.24) is 5.32 Å². The lowest BCUT2D eigenvalue weighted by molar-refractivity contribution is -0.134. The summed E-state index contributed by atoms with van der Waals surface area (Å²) in [6, 6.07) is 0. The molecule has 5 unspecified atom stereocenters. The lowest BCUT2D eigenvalue weighted by Gasteiger charge is -2.23. The Labute approximate surface area is 139 Å². The smallest absolute Gasteiger partial charge is 0.266 e. The Bertz CT molecular complexity index is 660. The zero-order valence-electron chi connectivity index (χ0n) is 13.2. The van der Waals surface area contributed by atoms with Crippen LogP contribution in [0.5, 0.6) is 0 Å². The maximum Gasteiger partial charge on any atom is 0.266 e. The molecule has 0 radical (unpaired) electrons. The van der Waals surface area contributed by atoms with Gasteiger partial charge in [0.15, 0.2) is 0 Å². The van der Waals surface area contributed by atoms with Gasteiger partial charge in [-0.3, -0.25) is 14.9 Å². The second kappa shape index (κ2) is 8.09. The maximum absolute atomic E-state index is 12.0. The van der Waals surface area contributed by atoms with Crippen LogP contribution in [0.2, 0.25) is 0 Å². The van der Waals surface area contributed by atoms with E-state index in [9.17, 15) is 14.7 Å². The fraction of sp³-hybridized carbons (Fsp3) is 0.529.